The highest BCUT2D eigenvalue weighted by molar-refractivity contribution is 7.92. The van der Waals surface area contributed by atoms with Crippen molar-refractivity contribution in [3.63, 3.8) is 0 Å². The van der Waals surface area contributed by atoms with Crippen molar-refractivity contribution >= 4 is 27.5 Å². The number of non-ortho nitro benzene ring substituents is 1. The Hall–Kier alpha value is -2.95. The van der Waals surface area contributed by atoms with Gasteiger partial charge in [0, 0.05) is 12.1 Å². The van der Waals surface area contributed by atoms with E-state index in [-0.39, 0.29) is 17.1 Å². The summed E-state index contributed by atoms with van der Waals surface area (Å²) in [5, 5.41) is 14.1. The fourth-order valence-electron chi connectivity index (χ4n) is 1.47. The molecule has 0 unspecified atom stereocenters. The van der Waals surface area contributed by atoms with Crippen molar-refractivity contribution in [2.24, 2.45) is 0 Å². The van der Waals surface area contributed by atoms with E-state index >= 15 is 0 Å². The molecule has 11 heteroatoms. The minimum atomic E-state index is -3.48. The van der Waals surface area contributed by atoms with Gasteiger partial charge in [-0.2, -0.15) is 9.78 Å². The third kappa shape index (κ3) is 4.02. The van der Waals surface area contributed by atoms with Crippen LogP contribution in [-0.4, -0.2) is 35.5 Å². The van der Waals surface area contributed by atoms with Crippen LogP contribution in [0.4, 0.5) is 16.2 Å². The molecule has 0 saturated carbocycles. The number of nitro benzene ring substituents is 1. The summed E-state index contributed by atoms with van der Waals surface area (Å²) in [4.78, 5) is 21.7. The van der Waals surface area contributed by atoms with Crippen molar-refractivity contribution in [1.82, 2.24) is 9.78 Å². The second-order valence-corrected chi connectivity index (χ2v) is 5.92. The van der Waals surface area contributed by atoms with Gasteiger partial charge in [-0.15, -0.1) is 0 Å². The number of sulfonamides is 1. The van der Waals surface area contributed by atoms with Crippen LogP contribution in [0.1, 0.15) is 0 Å². The monoisotopic (exact) mass is 326 g/mol. The molecule has 1 heterocycles. The molecule has 0 aliphatic heterocycles. The number of benzene rings is 1. The molecule has 0 amide bonds. The summed E-state index contributed by atoms with van der Waals surface area (Å²) < 4.78 is 30.0. The number of nitro groups is 1. The van der Waals surface area contributed by atoms with E-state index in [1.165, 1.54) is 24.3 Å². The highest BCUT2D eigenvalue weighted by Crippen LogP contribution is 2.18. The van der Waals surface area contributed by atoms with E-state index in [2.05, 4.69) is 9.82 Å². The molecule has 0 bridgehead atoms. The van der Waals surface area contributed by atoms with Gasteiger partial charge < -0.3 is 4.74 Å². The number of anilines is 1. The van der Waals surface area contributed by atoms with Gasteiger partial charge in [-0.1, -0.05) is 0 Å². The van der Waals surface area contributed by atoms with Crippen molar-refractivity contribution in [2.45, 2.75) is 0 Å². The van der Waals surface area contributed by atoms with Crippen molar-refractivity contribution in [2.75, 3.05) is 11.0 Å². The van der Waals surface area contributed by atoms with E-state index in [9.17, 15) is 23.3 Å². The lowest BCUT2D eigenvalue weighted by Gasteiger charge is -2.03. The summed E-state index contributed by atoms with van der Waals surface area (Å²) in [7, 11) is -3.48. The highest BCUT2D eigenvalue weighted by Gasteiger charge is 2.12. The first-order chi connectivity index (χ1) is 10.2. The van der Waals surface area contributed by atoms with Crippen LogP contribution in [0.3, 0.4) is 0 Å². The highest BCUT2D eigenvalue weighted by atomic mass is 32.2. The van der Waals surface area contributed by atoms with E-state index in [4.69, 9.17) is 4.74 Å². The van der Waals surface area contributed by atoms with Gasteiger partial charge in [0.2, 0.25) is 10.0 Å². The number of nitrogens with zero attached hydrogens (tertiary/aromatic N) is 3. The molecule has 0 aliphatic rings. The normalized spacial score (nSPS) is 11.0. The molecule has 0 fully saturated rings. The van der Waals surface area contributed by atoms with Crippen molar-refractivity contribution in [1.29, 1.82) is 0 Å². The van der Waals surface area contributed by atoms with E-state index < -0.39 is 21.0 Å². The van der Waals surface area contributed by atoms with Crippen LogP contribution in [0.5, 0.6) is 5.75 Å². The molecule has 116 valence electrons. The molecule has 2 rings (SSSR count). The Morgan fingerprint density at radius 3 is 2.55 bits per heavy atom. The van der Waals surface area contributed by atoms with E-state index in [0.717, 1.165) is 23.3 Å². The summed E-state index contributed by atoms with van der Waals surface area (Å²) in [6, 6.07) is 4.88. The molecule has 0 aliphatic carbocycles. The Labute approximate surface area is 124 Å². The minimum absolute atomic E-state index is 0.0868. The third-order valence-corrected chi connectivity index (χ3v) is 2.93. The zero-order chi connectivity index (χ0) is 16.3. The van der Waals surface area contributed by atoms with Crippen LogP contribution >= 0.6 is 0 Å². The number of carbonyl (C=O) groups is 1. The van der Waals surface area contributed by atoms with Crippen LogP contribution < -0.4 is 9.46 Å². The Kier molecular flexibility index (Phi) is 4.08. The zero-order valence-electron chi connectivity index (χ0n) is 11.2. The molecule has 2 aromatic rings. The van der Waals surface area contributed by atoms with Gasteiger partial charge in [-0.3, -0.25) is 14.8 Å². The first kappa shape index (κ1) is 15.4. The summed E-state index contributed by atoms with van der Waals surface area (Å²) in [6.07, 6.45) is 2.34. The number of hydrogen-bond acceptors (Lipinski definition) is 7. The van der Waals surface area contributed by atoms with E-state index in [1.54, 1.807) is 0 Å². The zero-order valence-corrected chi connectivity index (χ0v) is 12.0. The lowest BCUT2D eigenvalue weighted by Crippen LogP contribution is -2.17. The van der Waals surface area contributed by atoms with Gasteiger partial charge in [0.15, 0.2) is 0 Å². The average Bonchev–Trinajstić information content (AvgIpc) is 2.85. The van der Waals surface area contributed by atoms with Crippen LogP contribution in [0.2, 0.25) is 0 Å². The Balaban J connectivity index is 2.07. The predicted octanol–water partition coefficient (Wildman–Crippen LogP) is 1.21. The summed E-state index contributed by atoms with van der Waals surface area (Å²) in [5.41, 5.74) is -0.0401. The number of hydrogen-bond donors (Lipinski definition) is 1. The lowest BCUT2D eigenvalue weighted by atomic mass is 10.3. The second-order valence-electron chi connectivity index (χ2n) is 4.17. The maximum Gasteiger partial charge on any atom is 0.440 e. The molecule has 0 radical (unpaired) electrons. The SMILES string of the molecule is CS(=O)(=O)Nc1cnn(C(=O)Oc2ccc([N+](=O)[O-])cc2)c1. The first-order valence-electron chi connectivity index (χ1n) is 5.74. The number of nitrogens with one attached hydrogen (secondary N) is 1. The van der Waals surface area contributed by atoms with E-state index in [0.29, 0.717) is 0 Å². The molecule has 0 atom stereocenters. The van der Waals surface area contributed by atoms with Gasteiger partial charge in [0.1, 0.15) is 5.75 Å². The van der Waals surface area contributed by atoms with Crippen LogP contribution in [0.25, 0.3) is 0 Å². The first-order valence-corrected chi connectivity index (χ1v) is 7.63. The fourth-order valence-corrected chi connectivity index (χ4v) is 2.01. The van der Waals surface area contributed by atoms with E-state index in [1.807, 2.05) is 0 Å². The molecule has 1 aromatic carbocycles. The van der Waals surface area contributed by atoms with Gasteiger partial charge in [0.05, 0.1) is 29.3 Å². The average molecular weight is 326 g/mol. The van der Waals surface area contributed by atoms with Gasteiger partial charge in [-0.25, -0.2) is 13.2 Å². The van der Waals surface area contributed by atoms with Crippen molar-refractivity contribution in [3.8, 4) is 5.75 Å². The lowest BCUT2D eigenvalue weighted by molar-refractivity contribution is -0.384. The molecule has 0 spiro atoms. The number of aromatic nitrogens is 2. The Morgan fingerprint density at radius 2 is 2.00 bits per heavy atom. The summed E-state index contributed by atoms with van der Waals surface area (Å²) in [5.74, 6) is 0.0868. The van der Waals surface area contributed by atoms with Crippen molar-refractivity contribution in [3.05, 3.63) is 46.8 Å². The fraction of sp³-hybridized carbons (Fsp3) is 0.0909. The maximum atomic E-state index is 11.8. The number of rotatable bonds is 4. The Morgan fingerprint density at radius 1 is 1.36 bits per heavy atom. The molecule has 10 nitrogen and oxygen atoms in total. The quantitative estimate of drug-likeness (QED) is 0.659. The number of carbonyl (C=O) groups excluding carboxylic acids is 1. The molecule has 22 heavy (non-hydrogen) atoms. The molecule has 1 aromatic heterocycles. The minimum Gasteiger partial charge on any atom is -0.409 e. The molecular weight excluding hydrogens is 316 g/mol. The standard InChI is InChI=1S/C11H10N4O6S/c1-22(19,20)13-8-6-12-14(7-8)11(16)21-10-4-2-9(3-5-10)15(17)18/h2-7,13H,1H3. The topological polar surface area (TPSA) is 133 Å². The largest absolute Gasteiger partial charge is 0.440 e. The molecular formula is C11H10N4O6S. The third-order valence-electron chi connectivity index (χ3n) is 2.33. The molecule has 1 N–H and O–H groups in total. The number of ether oxygens (including phenoxy) is 1. The second kappa shape index (κ2) is 5.81. The van der Waals surface area contributed by atoms with Gasteiger partial charge >= 0.3 is 6.09 Å². The predicted molar refractivity (Wildman–Crippen MR) is 75.2 cm³/mol. The summed E-state index contributed by atoms with van der Waals surface area (Å²) in [6.45, 7) is 0. The molecule has 0 saturated heterocycles. The van der Waals surface area contributed by atoms with Gasteiger partial charge in [-0.05, 0) is 12.1 Å². The van der Waals surface area contributed by atoms with Crippen LogP contribution in [0, 0.1) is 10.1 Å². The maximum absolute atomic E-state index is 11.8. The Bertz CT molecular complexity index is 811. The smallest absolute Gasteiger partial charge is 0.409 e. The van der Waals surface area contributed by atoms with Crippen LogP contribution in [-0.2, 0) is 10.0 Å². The van der Waals surface area contributed by atoms with Crippen LogP contribution in [0.15, 0.2) is 36.7 Å². The van der Waals surface area contributed by atoms with Crippen molar-refractivity contribution < 1.29 is 22.9 Å². The van der Waals surface area contributed by atoms with Gasteiger partial charge in [0.25, 0.3) is 5.69 Å². The summed E-state index contributed by atoms with van der Waals surface area (Å²) >= 11 is 0.